The number of hydrogen-bond acceptors (Lipinski definition) is 6. The zero-order valence-electron chi connectivity index (χ0n) is 13.8. The lowest BCUT2D eigenvalue weighted by Crippen LogP contribution is -2.44. The number of nitrogens with zero attached hydrogens (tertiary/aromatic N) is 4. The van der Waals surface area contributed by atoms with Crippen LogP contribution in [-0.4, -0.2) is 70.3 Å². The highest BCUT2D eigenvalue weighted by molar-refractivity contribution is 4.95. The third-order valence-electron chi connectivity index (χ3n) is 3.66. The molecule has 0 unspecified atom stereocenters. The van der Waals surface area contributed by atoms with Crippen molar-refractivity contribution in [1.82, 2.24) is 19.7 Å². The molecule has 1 saturated heterocycles. The Bertz CT molecular complexity index is 438. The van der Waals surface area contributed by atoms with Crippen molar-refractivity contribution in [3.05, 3.63) is 12.2 Å². The van der Waals surface area contributed by atoms with Gasteiger partial charge in [0.25, 0.3) is 0 Å². The van der Waals surface area contributed by atoms with E-state index in [4.69, 9.17) is 9.47 Å². The van der Waals surface area contributed by atoms with Crippen LogP contribution in [0.5, 0.6) is 0 Å². The second-order valence-corrected chi connectivity index (χ2v) is 6.18. The number of ether oxygens (including phenoxy) is 2. The molecule has 0 aromatic carbocycles. The van der Waals surface area contributed by atoms with Gasteiger partial charge in [0.2, 0.25) is 0 Å². The molecule has 2 atom stereocenters. The molecule has 7 nitrogen and oxygen atoms in total. The normalized spacial score (nSPS) is 21.4. The quantitative estimate of drug-likeness (QED) is 0.762. The molecular weight excluding hydrogens is 284 g/mol. The minimum Gasteiger partial charge on any atom is -0.389 e. The molecule has 0 saturated carbocycles. The van der Waals surface area contributed by atoms with E-state index in [0.29, 0.717) is 32.3 Å². The van der Waals surface area contributed by atoms with Crippen LogP contribution in [0, 0.1) is 5.92 Å². The predicted octanol–water partition coefficient (Wildman–Crippen LogP) is 0.705. The summed E-state index contributed by atoms with van der Waals surface area (Å²) in [6.45, 7) is 10.9. The maximum absolute atomic E-state index is 10.1. The lowest BCUT2D eigenvalue weighted by molar-refractivity contribution is -0.0577. The molecule has 2 heterocycles. The van der Waals surface area contributed by atoms with Gasteiger partial charge >= 0.3 is 0 Å². The molecule has 1 aromatic heterocycles. The average molecular weight is 312 g/mol. The molecule has 22 heavy (non-hydrogen) atoms. The molecule has 0 radical (unpaired) electrons. The molecule has 0 amide bonds. The number of aliphatic hydroxyl groups is 1. The van der Waals surface area contributed by atoms with Crippen molar-refractivity contribution in [2.24, 2.45) is 5.92 Å². The number of hydrogen-bond donors (Lipinski definition) is 1. The van der Waals surface area contributed by atoms with Crippen molar-refractivity contribution in [1.29, 1.82) is 0 Å². The van der Waals surface area contributed by atoms with Gasteiger partial charge in [-0.05, 0) is 12.8 Å². The molecule has 126 valence electrons. The first-order valence-electron chi connectivity index (χ1n) is 8.07. The van der Waals surface area contributed by atoms with Gasteiger partial charge < -0.3 is 19.1 Å². The minimum absolute atomic E-state index is 0.0833. The maximum atomic E-state index is 10.1. The predicted molar refractivity (Wildman–Crippen MR) is 82.5 cm³/mol. The lowest BCUT2D eigenvalue weighted by Gasteiger charge is -2.33. The van der Waals surface area contributed by atoms with Gasteiger partial charge in [-0.15, -0.1) is 10.2 Å². The Balaban J connectivity index is 1.80. The van der Waals surface area contributed by atoms with Crippen molar-refractivity contribution in [2.45, 2.75) is 39.5 Å². The van der Waals surface area contributed by atoms with E-state index < -0.39 is 6.10 Å². The van der Waals surface area contributed by atoms with E-state index in [0.717, 1.165) is 25.5 Å². The van der Waals surface area contributed by atoms with Crippen molar-refractivity contribution in [3.8, 4) is 0 Å². The monoisotopic (exact) mass is 312 g/mol. The molecule has 1 aliphatic heterocycles. The SMILES string of the molecule is CCn1cnnc1[C@H]1CN(C[C@H](O)COCC(C)C)CCO1. The van der Waals surface area contributed by atoms with Crippen LogP contribution in [0.4, 0.5) is 0 Å². The Labute approximate surface area is 132 Å². The van der Waals surface area contributed by atoms with Crippen molar-refractivity contribution < 1.29 is 14.6 Å². The van der Waals surface area contributed by atoms with Gasteiger partial charge in [-0.25, -0.2) is 0 Å². The Kier molecular flexibility index (Phi) is 6.75. The molecule has 1 N–H and O–H groups in total. The average Bonchev–Trinajstić information content (AvgIpc) is 2.95. The number of β-amino-alcohol motifs (C(OH)–C–C–N with tert-alkyl or cyclic N) is 1. The van der Waals surface area contributed by atoms with Crippen LogP contribution in [0.2, 0.25) is 0 Å². The maximum Gasteiger partial charge on any atom is 0.163 e. The molecule has 1 fully saturated rings. The van der Waals surface area contributed by atoms with Crippen LogP contribution < -0.4 is 0 Å². The summed E-state index contributed by atoms with van der Waals surface area (Å²) in [6.07, 6.45) is 1.17. The smallest absolute Gasteiger partial charge is 0.163 e. The van der Waals surface area contributed by atoms with E-state index in [-0.39, 0.29) is 6.10 Å². The van der Waals surface area contributed by atoms with Gasteiger partial charge in [-0.3, -0.25) is 4.90 Å². The lowest BCUT2D eigenvalue weighted by atomic mass is 10.2. The number of aromatic nitrogens is 3. The molecule has 0 bridgehead atoms. The van der Waals surface area contributed by atoms with Crippen LogP contribution in [0.1, 0.15) is 32.7 Å². The summed E-state index contributed by atoms with van der Waals surface area (Å²) >= 11 is 0. The van der Waals surface area contributed by atoms with Gasteiger partial charge in [-0.1, -0.05) is 13.8 Å². The van der Waals surface area contributed by atoms with Crippen LogP contribution >= 0.6 is 0 Å². The Morgan fingerprint density at radius 2 is 2.27 bits per heavy atom. The third kappa shape index (κ3) is 5.01. The van der Waals surface area contributed by atoms with Gasteiger partial charge in [-0.2, -0.15) is 0 Å². The van der Waals surface area contributed by atoms with Crippen LogP contribution in [0.25, 0.3) is 0 Å². The fourth-order valence-corrected chi connectivity index (χ4v) is 2.57. The van der Waals surface area contributed by atoms with Crippen LogP contribution in [0.3, 0.4) is 0 Å². The highest BCUT2D eigenvalue weighted by Gasteiger charge is 2.26. The molecule has 1 aliphatic rings. The first-order valence-corrected chi connectivity index (χ1v) is 8.07. The fourth-order valence-electron chi connectivity index (χ4n) is 2.57. The van der Waals surface area contributed by atoms with Crippen molar-refractivity contribution in [3.63, 3.8) is 0 Å². The molecule has 0 aliphatic carbocycles. The third-order valence-corrected chi connectivity index (χ3v) is 3.66. The zero-order chi connectivity index (χ0) is 15.9. The van der Waals surface area contributed by atoms with Gasteiger partial charge in [0, 0.05) is 32.8 Å². The molecule has 0 spiro atoms. The van der Waals surface area contributed by atoms with Crippen molar-refractivity contribution in [2.75, 3.05) is 39.5 Å². The Morgan fingerprint density at radius 3 is 3.00 bits per heavy atom. The van der Waals surface area contributed by atoms with E-state index in [1.807, 2.05) is 4.57 Å². The summed E-state index contributed by atoms with van der Waals surface area (Å²) in [5.41, 5.74) is 0. The van der Waals surface area contributed by atoms with Gasteiger partial charge in [0.1, 0.15) is 12.4 Å². The second-order valence-electron chi connectivity index (χ2n) is 6.18. The molecule has 7 heteroatoms. The summed E-state index contributed by atoms with van der Waals surface area (Å²) in [7, 11) is 0. The van der Waals surface area contributed by atoms with Gasteiger partial charge in [0.05, 0.1) is 19.3 Å². The Hall–Kier alpha value is -1.02. The molecule has 1 aromatic rings. The first-order chi connectivity index (χ1) is 10.6. The zero-order valence-corrected chi connectivity index (χ0v) is 13.8. The summed E-state index contributed by atoms with van der Waals surface area (Å²) in [4.78, 5) is 2.20. The van der Waals surface area contributed by atoms with E-state index in [1.165, 1.54) is 0 Å². The van der Waals surface area contributed by atoms with Crippen LogP contribution in [0.15, 0.2) is 6.33 Å². The summed E-state index contributed by atoms with van der Waals surface area (Å²) in [6, 6.07) is 0. The number of aliphatic hydroxyl groups excluding tert-OH is 1. The summed E-state index contributed by atoms with van der Waals surface area (Å²) in [5, 5.41) is 18.2. The molecular formula is C15H28N4O3. The summed E-state index contributed by atoms with van der Waals surface area (Å²) in [5.74, 6) is 1.35. The van der Waals surface area contributed by atoms with Gasteiger partial charge in [0.15, 0.2) is 5.82 Å². The van der Waals surface area contributed by atoms with E-state index >= 15 is 0 Å². The Morgan fingerprint density at radius 1 is 1.45 bits per heavy atom. The highest BCUT2D eigenvalue weighted by atomic mass is 16.5. The minimum atomic E-state index is -0.471. The summed E-state index contributed by atoms with van der Waals surface area (Å²) < 4.78 is 13.3. The first kappa shape index (κ1) is 17.3. The number of rotatable bonds is 8. The number of morpholine rings is 1. The fraction of sp³-hybridized carbons (Fsp3) is 0.867. The topological polar surface area (TPSA) is 72.6 Å². The van der Waals surface area contributed by atoms with E-state index in [9.17, 15) is 5.11 Å². The van der Waals surface area contributed by atoms with Crippen LogP contribution in [-0.2, 0) is 16.0 Å². The van der Waals surface area contributed by atoms with Crippen molar-refractivity contribution >= 4 is 0 Å². The van der Waals surface area contributed by atoms with E-state index in [2.05, 4.69) is 35.9 Å². The molecule has 2 rings (SSSR count). The second kappa shape index (κ2) is 8.57. The largest absolute Gasteiger partial charge is 0.389 e. The number of aryl methyl sites for hydroxylation is 1. The van der Waals surface area contributed by atoms with E-state index in [1.54, 1.807) is 6.33 Å². The highest BCUT2D eigenvalue weighted by Crippen LogP contribution is 2.20. The standard InChI is InChI=1S/C15H28N4O3/c1-4-19-11-16-17-15(19)14-8-18(5-6-22-14)7-13(20)10-21-9-12(2)3/h11-14,20H,4-10H2,1-3H3/t13-,14+/m0/s1.